The molecule has 0 spiro atoms. The van der Waals surface area contributed by atoms with E-state index in [0.29, 0.717) is 24.1 Å². The third-order valence-corrected chi connectivity index (χ3v) is 4.46. The largest absolute Gasteiger partial charge is 0.464 e. The van der Waals surface area contributed by atoms with Gasteiger partial charge in [0.15, 0.2) is 0 Å². The van der Waals surface area contributed by atoms with E-state index in [-0.39, 0.29) is 12.5 Å². The lowest BCUT2D eigenvalue weighted by Gasteiger charge is -2.13. The highest BCUT2D eigenvalue weighted by Gasteiger charge is 2.36. The van der Waals surface area contributed by atoms with E-state index in [2.05, 4.69) is 5.32 Å². The number of furan rings is 1. The molecule has 0 saturated heterocycles. The molecular weight excluding hydrogens is 332 g/mol. The lowest BCUT2D eigenvalue weighted by Crippen LogP contribution is -2.40. The molecular formula is C20H16N2O4. The number of imide groups is 1. The molecule has 1 aliphatic rings. The molecule has 4 rings (SSSR count). The number of amides is 3. The summed E-state index contributed by atoms with van der Waals surface area (Å²) in [7, 11) is 0. The first-order chi connectivity index (χ1) is 12.6. The number of rotatable bonds is 5. The number of benzene rings is 2. The van der Waals surface area contributed by atoms with Crippen molar-refractivity contribution in [2.75, 3.05) is 13.1 Å². The van der Waals surface area contributed by atoms with E-state index in [1.54, 1.807) is 30.5 Å². The van der Waals surface area contributed by atoms with Gasteiger partial charge >= 0.3 is 0 Å². The van der Waals surface area contributed by atoms with E-state index < -0.39 is 11.8 Å². The average molecular weight is 348 g/mol. The maximum atomic E-state index is 12.3. The molecule has 2 heterocycles. The first kappa shape index (κ1) is 16.1. The highest BCUT2D eigenvalue weighted by Crippen LogP contribution is 2.22. The Morgan fingerprint density at radius 3 is 2.35 bits per heavy atom. The number of hydrogen-bond acceptors (Lipinski definition) is 4. The molecule has 26 heavy (non-hydrogen) atoms. The molecule has 0 bridgehead atoms. The first-order valence-electron chi connectivity index (χ1n) is 8.32. The number of fused-ring (bicyclic) bond motifs is 2. The van der Waals surface area contributed by atoms with Crippen molar-refractivity contribution >= 4 is 28.7 Å². The number of carbonyl (C=O) groups is 3. The zero-order chi connectivity index (χ0) is 18.1. The molecule has 0 aliphatic carbocycles. The van der Waals surface area contributed by atoms with Crippen molar-refractivity contribution in [3.8, 4) is 0 Å². The maximum Gasteiger partial charge on any atom is 0.262 e. The van der Waals surface area contributed by atoms with Crippen LogP contribution in [-0.2, 0) is 11.2 Å². The van der Waals surface area contributed by atoms with E-state index >= 15 is 0 Å². The lowest BCUT2D eigenvalue weighted by molar-refractivity contribution is -0.121. The highest BCUT2D eigenvalue weighted by molar-refractivity contribution is 6.22. The van der Waals surface area contributed by atoms with Gasteiger partial charge in [0.1, 0.15) is 12.1 Å². The molecule has 0 unspecified atom stereocenters. The fourth-order valence-corrected chi connectivity index (χ4v) is 3.15. The van der Waals surface area contributed by atoms with Crippen LogP contribution >= 0.6 is 0 Å². The van der Waals surface area contributed by atoms with Gasteiger partial charge in [0.2, 0.25) is 5.91 Å². The molecule has 3 amide bonds. The van der Waals surface area contributed by atoms with Crippen molar-refractivity contribution in [1.29, 1.82) is 0 Å². The minimum atomic E-state index is -0.429. The van der Waals surface area contributed by atoms with Crippen LogP contribution in [0.5, 0.6) is 0 Å². The molecule has 130 valence electrons. The molecule has 0 atom stereocenters. The third-order valence-electron chi connectivity index (χ3n) is 4.46. The molecule has 0 radical (unpaired) electrons. The summed E-state index contributed by atoms with van der Waals surface area (Å²) in [5.41, 5.74) is 2.49. The minimum absolute atomic E-state index is 0.279. The van der Waals surface area contributed by atoms with Crippen molar-refractivity contribution in [2.24, 2.45) is 0 Å². The van der Waals surface area contributed by atoms with Crippen LogP contribution in [0.4, 0.5) is 0 Å². The Kier molecular flexibility index (Phi) is 4.01. The number of nitrogens with zero attached hydrogens (tertiary/aromatic N) is 1. The topological polar surface area (TPSA) is 79.6 Å². The molecule has 1 N–H and O–H groups in total. The van der Waals surface area contributed by atoms with Crippen LogP contribution in [0.1, 0.15) is 26.3 Å². The van der Waals surface area contributed by atoms with Gasteiger partial charge in [-0.3, -0.25) is 19.3 Å². The van der Waals surface area contributed by atoms with E-state index in [9.17, 15) is 14.4 Å². The monoisotopic (exact) mass is 348 g/mol. The molecule has 2 aromatic carbocycles. The van der Waals surface area contributed by atoms with Crippen LogP contribution in [0.15, 0.2) is 59.2 Å². The first-order valence-corrected chi connectivity index (χ1v) is 8.32. The van der Waals surface area contributed by atoms with Crippen LogP contribution in [0.25, 0.3) is 11.0 Å². The van der Waals surface area contributed by atoms with Gasteiger partial charge in [0.05, 0.1) is 17.4 Å². The Morgan fingerprint density at radius 1 is 0.962 bits per heavy atom. The number of hydrogen-bond donors (Lipinski definition) is 1. The van der Waals surface area contributed by atoms with Crippen LogP contribution in [0, 0.1) is 0 Å². The molecule has 3 aromatic rings. The van der Waals surface area contributed by atoms with E-state index in [0.717, 1.165) is 21.4 Å². The zero-order valence-electron chi connectivity index (χ0n) is 13.9. The standard InChI is InChI=1S/C20H16N2O4/c23-18(11-22-19(24)15-6-1-2-7-16(15)20(22)25)21-10-9-13-12-26-17-8-4-3-5-14(13)17/h1-8,12H,9-11H2,(H,21,23). The van der Waals surface area contributed by atoms with Crippen molar-refractivity contribution in [3.63, 3.8) is 0 Å². The third kappa shape index (κ3) is 2.75. The molecule has 0 saturated carbocycles. The summed E-state index contributed by atoms with van der Waals surface area (Å²) in [4.78, 5) is 37.7. The fraction of sp³-hybridized carbons (Fsp3) is 0.150. The van der Waals surface area contributed by atoms with Gasteiger partial charge in [-0.1, -0.05) is 30.3 Å². The van der Waals surface area contributed by atoms with Gasteiger partial charge in [0, 0.05) is 11.9 Å². The van der Waals surface area contributed by atoms with Crippen molar-refractivity contribution in [1.82, 2.24) is 10.2 Å². The van der Waals surface area contributed by atoms with Gasteiger partial charge in [-0.2, -0.15) is 0 Å². The lowest BCUT2D eigenvalue weighted by atomic mass is 10.1. The average Bonchev–Trinajstić information content (AvgIpc) is 3.17. The second-order valence-corrected chi connectivity index (χ2v) is 6.10. The van der Waals surface area contributed by atoms with Gasteiger partial charge in [-0.25, -0.2) is 0 Å². The molecule has 1 aromatic heterocycles. The quantitative estimate of drug-likeness (QED) is 0.718. The van der Waals surface area contributed by atoms with Crippen molar-refractivity contribution < 1.29 is 18.8 Å². The Morgan fingerprint density at radius 2 is 1.62 bits per heavy atom. The van der Waals surface area contributed by atoms with Crippen LogP contribution < -0.4 is 5.32 Å². The fourth-order valence-electron chi connectivity index (χ4n) is 3.15. The van der Waals surface area contributed by atoms with E-state index in [1.165, 1.54) is 0 Å². The second-order valence-electron chi connectivity index (χ2n) is 6.10. The van der Waals surface area contributed by atoms with Crippen LogP contribution in [0.2, 0.25) is 0 Å². The summed E-state index contributed by atoms with van der Waals surface area (Å²) < 4.78 is 5.47. The van der Waals surface area contributed by atoms with Gasteiger partial charge in [-0.15, -0.1) is 0 Å². The van der Waals surface area contributed by atoms with E-state index in [1.807, 2.05) is 24.3 Å². The normalized spacial score (nSPS) is 13.3. The van der Waals surface area contributed by atoms with Gasteiger partial charge in [-0.05, 0) is 30.2 Å². The predicted molar refractivity (Wildman–Crippen MR) is 94.7 cm³/mol. The second kappa shape index (κ2) is 6.48. The number of nitrogens with one attached hydrogen (secondary N) is 1. The van der Waals surface area contributed by atoms with Crippen molar-refractivity contribution in [3.05, 3.63) is 71.5 Å². The van der Waals surface area contributed by atoms with Crippen LogP contribution in [0.3, 0.4) is 0 Å². The van der Waals surface area contributed by atoms with Gasteiger partial charge in [0.25, 0.3) is 11.8 Å². The highest BCUT2D eigenvalue weighted by atomic mass is 16.3. The molecule has 6 nitrogen and oxygen atoms in total. The molecule has 6 heteroatoms. The Bertz CT molecular complexity index is 986. The smallest absolute Gasteiger partial charge is 0.262 e. The predicted octanol–water partition coefficient (Wildman–Crippen LogP) is 2.39. The summed E-state index contributed by atoms with van der Waals surface area (Å²) in [5, 5.41) is 3.77. The summed E-state index contributed by atoms with van der Waals surface area (Å²) in [6.45, 7) is 0.115. The minimum Gasteiger partial charge on any atom is -0.464 e. The summed E-state index contributed by atoms with van der Waals surface area (Å²) in [5.74, 6) is -1.23. The SMILES string of the molecule is O=C(CN1C(=O)c2ccccc2C1=O)NCCc1coc2ccccc12. The Hall–Kier alpha value is -3.41. The summed E-state index contributed by atoms with van der Waals surface area (Å²) >= 11 is 0. The summed E-state index contributed by atoms with van der Waals surface area (Å²) in [6.07, 6.45) is 2.28. The van der Waals surface area contributed by atoms with Crippen LogP contribution in [-0.4, -0.2) is 35.7 Å². The van der Waals surface area contributed by atoms with Crippen molar-refractivity contribution in [2.45, 2.75) is 6.42 Å². The van der Waals surface area contributed by atoms with Gasteiger partial charge < -0.3 is 9.73 Å². The van der Waals surface area contributed by atoms with E-state index in [4.69, 9.17) is 4.42 Å². The number of para-hydroxylation sites is 1. The zero-order valence-corrected chi connectivity index (χ0v) is 13.9. The Balaban J connectivity index is 1.35. The Labute approximate surface area is 149 Å². The number of carbonyl (C=O) groups excluding carboxylic acids is 3. The molecule has 0 fully saturated rings. The molecule has 1 aliphatic heterocycles. The maximum absolute atomic E-state index is 12.3. The summed E-state index contributed by atoms with van der Waals surface area (Å²) in [6, 6.07) is 14.3.